The zero-order valence-corrected chi connectivity index (χ0v) is 49.5. The van der Waals surface area contributed by atoms with Gasteiger partial charge in [-0.15, -0.1) is 0 Å². The molecule has 0 fully saturated rings. The number of rotatable bonds is 55. The molecular weight excluding hydrogens is 978 g/mol. The van der Waals surface area contributed by atoms with E-state index >= 15 is 0 Å². The molecule has 436 valence electrons. The number of carbonyl (C=O) groups excluding carboxylic acids is 2. The standard InChI is InChI=1S/C67H110NO8P/c1-3-5-7-9-11-13-15-17-19-21-23-25-27-29-31-32-34-36-38-40-42-44-46-48-50-52-54-56-58-60-67(70)76-65(64-75-77(71,72)74-62-61-68)63-73-66(69)59-57-55-53-51-49-47-45-43-41-39-37-35-33-30-28-26-24-22-20-18-16-14-12-10-8-6-4-2/h5-8,11-14,17-20,23-26,29,31,34,36,40,42,46,48,65H,3-4,9-10,15-16,21-22,27-28,30,32-33,35,37-39,41,43-45,47,49-64,68H2,1-2H3,(H,71,72)/b7-5-,8-6-,13-11-,14-12-,19-17-,20-18-,25-23-,26-24-,31-29-,36-34-,42-40-,48-46-. The summed E-state index contributed by atoms with van der Waals surface area (Å²) in [5.41, 5.74) is 5.38. The summed E-state index contributed by atoms with van der Waals surface area (Å²) in [7, 11) is -4.41. The smallest absolute Gasteiger partial charge is 0.462 e. The lowest BCUT2D eigenvalue weighted by molar-refractivity contribution is -0.161. The number of unbranched alkanes of at least 4 members (excludes halogenated alkanes) is 18. The molecule has 0 amide bonds. The van der Waals surface area contributed by atoms with E-state index < -0.39 is 32.5 Å². The summed E-state index contributed by atoms with van der Waals surface area (Å²) in [6, 6.07) is 0. The molecule has 77 heavy (non-hydrogen) atoms. The number of ether oxygens (including phenoxy) is 2. The Morgan fingerprint density at radius 2 is 0.675 bits per heavy atom. The Bertz CT molecular complexity index is 1770. The monoisotopic (exact) mass is 1090 g/mol. The first-order chi connectivity index (χ1) is 37.8. The quantitative estimate of drug-likeness (QED) is 0.0264. The summed E-state index contributed by atoms with van der Waals surface area (Å²) in [6.45, 7) is 3.48. The third kappa shape index (κ3) is 61.0. The largest absolute Gasteiger partial charge is 0.472 e. The molecule has 0 spiro atoms. The van der Waals surface area contributed by atoms with Crippen LogP contribution in [-0.4, -0.2) is 49.3 Å². The summed E-state index contributed by atoms with van der Waals surface area (Å²) >= 11 is 0. The molecule has 0 saturated carbocycles. The molecule has 0 aliphatic rings. The SMILES string of the molecule is CC/C=C\C/C=C\C/C=C\C/C=C\C/C=C\C/C=C\C/C=C\C/C=C\CCCCCCC(=O)OC(COC(=O)CCCCCCCCCCCCCCCC/C=C\C/C=C\C/C=C\C/C=C\CC)COP(=O)(O)OCCN. The molecule has 0 aromatic carbocycles. The van der Waals surface area contributed by atoms with Crippen molar-refractivity contribution in [3.8, 4) is 0 Å². The molecule has 10 heteroatoms. The molecule has 0 aromatic heterocycles. The maximum absolute atomic E-state index is 12.7. The van der Waals surface area contributed by atoms with Crippen LogP contribution in [0, 0.1) is 0 Å². The third-order valence-electron chi connectivity index (χ3n) is 12.2. The van der Waals surface area contributed by atoms with Crippen LogP contribution in [0.25, 0.3) is 0 Å². The van der Waals surface area contributed by atoms with Crippen LogP contribution in [0.4, 0.5) is 0 Å². The lowest BCUT2D eigenvalue weighted by Crippen LogP contribution is -2.29. The Labute approximate surface area is 471 Å². The van der Waals surface area contributed by atoms with Crippen molar-refractivity contribution in [2.45, 2.75) is 238 Å². The molecule has 9 nitrogen and oxygen atoms in total. The predicted molar refractivity (Wildman–Crippen MR) is 330 cm³/mol. The molecule has 0 saturated heterocycles. The van der Waals surface area contributed by atoms with Crippen molar-refractivity contribution in [2.75, 3.05) is 26.4 Å². The van der Waals surface area contributed by atoms with Crippen LogP contribution in [0.2, 0.25) is 0 Å². The van der Waals surface area contributed by atoms with Crippen molar-refractivity contribution < 1.29 is 37.6 Å². The third-order valence-corrected chi connectivity index (χ3v) is 13.2. The van der Waals surface area contributed by atoms with Crippen molar-refractivity contribution in [1.82, 2.24) is 0 Å². The van der Waals surface area contributed by atoms with Gasteiger partial charge in [0.05, 0.1) is 13.2 Å². The fourth-order valence-corrected chi connectivity index (χ4v) is 8.58. The van der Waals surface area contributed by atoms with Crippen molar-refractivity contribution in [3.05, 3.63) is 146 Å². The van der Waals surface area contributed by atoms with Crippen LogP contribution >= 0.6 is 7.82 Å². The van der Waals surface area contributed by atoms with E-state index in [1.54, 1.807) is 0 Å². The summed E-state index contributed by atoms with van der Waals surface area (Å²) in [5.74, 6) is -0.865. The molecule has 2 atom stereocenters. The maximum Gasteiger partial charge on any atom is 0.472 e. The Balaban J connectivity index is 4.06. The summed E-state index contributed by atoms with van der Waals surface area (Å²) < 4.78 is 33.1. The Morgan fingerprint density at radius 3 is 1.00 bits per heavy atom. The van der Waals surface area contributed by atoms with Crippen molar-refractivity contribution in [3.63, 3.8) is 0 Å². The van der Waals surface area contributed by atoms with Gasteiger partial charge in [-0.25, -0.2) is 4.57 Å². The van der Waals surface area contributed by atoms with E-state index in [0.29, 0.717) is 6.42 Å². The first kappa shape index (κ1) is 72.9. The fraction of sp³-hybridized carbons (Fsp3) is 0.612. The first-order valence-corrected chi connectivity index (χ1v) is 31.8. The van der Waals surface area contributed by atoms with Gasteiger partial charge in [0.15, 0.2) is 6.10 Å². The van der Waals surface area contributed by atoms with Gasteiger partial charge < -0.3 is 20.1 Å². The van der Waals surface area contributed by atoms with E-state index in [2.05, 4.69) is 160 Å². The van der Waals surface area contributed by atoms with E-state index in [1.165, 1.54) is 77.0 Å². The molecule has 0 rings (SSSR count). The second kappa shape index (κ2) is 61.1. The first-order valence-electron chi connectivity index (χ1n) is 30.3. The number of phosphoric acid groups is 1. The Morgan fingerprint density at radius 1 is 0.390 bits per heavy atom. The van der Waals surface area contributed by atoms with Gasteiger partial charge in [0.2, 0.25) is 0 Å². The number of esters is 2. The van der Waals surface area contributed by atoms with Crippen LogP contribution in [0.3, 0.4) is 0 Å². The van der Waals surface area contributed by atoms with Crippen molar-refractivity contribution in [2.24, 2.45) is 5.73 Å². The molecule has 3 N–H and O–H groups in total. The average Bonchev–Trinajstić information content (AvgIpc) is 3.42. The van der Waals surface area contributed by atoms with Gasteiger partial charge in [-0.2, -0.15) is 0 Å². The predicted octanol–water partition coefficient (Wildman–Crippen LogP) is 19.5. The molecule has 0 aromatic rings. The minimum absolute atomic E-state index is 0.0411. The number of hydrogen-bond donors (Lipinski definition) is 2. The summed E-state index contributed by atoms with van der Waals surface area (Å²) in [5, 5.41) is 0. The lowest BCUT2D eigenvalue weighted by atomic mass is 10.0. The summed E-state index contributed by atoms with van der Waals surface area (Å²) in [4.78, 5) is 35.2. The lowest BCUT2D eigenvalue weighted by Gasteiger charge is -2.19. The van der Waals surface area contributed by atoms with Crippen molar-refractivity contribution in [1.29, 1.82) is 0 Å². The van der Waals surface area contributed by atoms with Gasteiger partial charge in [-0.3, -0.25) is 18.6 Å². The maximum atomic E-state index is 12.7. The molecule has 0 radical (unpaired) electrons. The second-order valence-electron chi connectivity index (χ2n) is 19.5. The van der Waals surface area contributed by atoms with Gasteiger partial charge in [0, 0.05) is 19.4 Å². The molecule has 0 aliphatic carbocycles. The van der Waals surface area contributed by atoms with Gasteiger partial charge in [-0.05, 0) is 116 Å². The van der Waals surface area contributed by atoms with Crippen LogP contribution in [-0.2, 0) is 32.7 Å². The second-order valence-corrected chi connectivity index (χ2v) is 20.9. The summed E-state index contributed by atoms with van der Waals surface area (Å²) in [6.07, 6.45) is 87.6. The van der Waals surface area contributed by atoms with Gasteiger partial charge in [0.1, 0.15) is 6.61 Å². The topological polar surface area (TPSA) is 134 Å². The van der Waals surface area contributed by atoms with Crippen molar-refractivity contribution >= 4 is 19.8 Å². The molecule has 2 unspecified atom stereocenters. The number of carbonyl (C=O) groups is 2. The fourth-order valence-electron chi connectivity index (χ4n) is 7.82. The van der Waals surface area contributed by atoms with E-state index in [9.17, 15) is 19.0 Å². The molecular formula is C67H110NO8P. The number of nitrogens with two attached hydrogens (primary N) is 1. The van der Waals surface area contributed by atoms with E-state index in [4.69, 9.17) is 24.3 Å². The molecule has 0 aliphatic heterocycles. The molecule has 0 bridgehead atoms. The van der Waals surface area contributed by atoms with E-state index in [-0.39, 0.29) is 32.6 Å². The Hall–Kier alpha value is -4.11. The highest BCUT2D eigenvalue weighted by atomic mass is 31.2. The number of hydrogen-bond acceptors (Lipinski definition) is 8. The van der Waals surface area contributed by atoms with Crippen LogP contribution in [0.15, 0.2) is 146 Å². The minimum Gasteiger partial charge on any atom is -0.462 e. The normalized spacial score (nSPS) is 14.1. The number of phosphoric ester groups is 1. The van der Waals surface area contributed by atoms with Gasteiger partial charge in [-0.1, -0.05) is 250 Å². The average molecular weight is 1090 g/mol. The van der Waals surface area contributed by atoms with E-state index in [1.807, 2.05) is 0 Å². The van der Waals surface area contributed by atoms with Crippen LogP contribution in [0.1, 0.15) is 232 Å². The Kier molecular flexibility index (Phi) is 57.8. The zero-order valence-electron chi connectivity index (χ0n) is 48.6. The molecule has 0 heterocycles. The van der Waals surface area contributed by atoms with Gasteiger partial charge in [0.25, 0.3) is 0 Å². The highest BCUT2D eigenvalue weighted by Crippen LogP contribution is 2.43. The van der Waals surface area contributed by atoms with E-state index in [0.717, 1.165) is 122 Å². The minimum atomic E-state index is -4.41. The van der Waals surface area contributed by atoms with Gasteiger partial charge >= 0.3 is 19.8 Å². The number of allylic oxidation sites excluding steroid dienone is 24. The van der Waals surface area contributed by atoms with Crippen LogP contribution in [0.5, 0.6) is 0 Å². The highest BCUT2D eigenvalue weighted by molar-refractivity contribution is 7.47. The van der Waals surface area contributed by atoms with Crippen LogP contribution < -0.4 is 5.73 Å². The highest BCUT2D eigenvalue weighted by Gasteiger charge is 2.26. The zero-order chi connectivity index (χ0) is 55.9.